The SMILES string of the molecule is [C-]1=CC=CC1.[Cl][Ti][Cl].c1ccc2[cH-]c(P(C3CCCCC3)C3CCCCC3)cc2c1. The summed E-state index contributed by atoms with van der Waals surface area (Å²) in [6.45, 7) is 0. The van der Waals surface area contributed by atoms with Crippen molar-refractivity contribution in [1.82, 2.24) is 0 Å². The fraction of sp³-hybridized carbons (Fsp3) is 0.500. The second-order valence-corrected chi connectivity index (χ2v) is 13.8. The topological polar surface area (TPSA) is 0 Å². The predicted molar refractivity (Wildman–Crippen MR) is 133 cm³/mol. The van der Waals surface area contributed by atoms with Gasteiger partial charge < -0.3 is 0 Å². The molecule has 0 heterocycles. The van der Waals surface area contributed by atoms with Crippen molar-refractivity contribution in [2.45, 2.75) is 81.9 Å². The summed E-state index contributed by atoms with van der Waals surface area (Å²) in [5, 5.41) is 4.67. The van der Waals surface area contributed by atoms with Crippen LogP contribution in [0.15, 0.2) is 54.6 Å². The standard InChI is InChI=1S/C21H28P.C5H5.2ClH.Ti/c1-3-11-19(12-4-1)22(20-13-5-2-6-14-20)21-15-17-9-7-8-10-18(17)16-21;1-2-4-5-3-1;;;/h7-10,15-16,19-20H,1-6,11-14H2;1-3H,4H2;2*1H;/q2*-1;;;+2/p-2. The Kier molecular flexibility index (Phi) is 11.7. The fourth-order valence-corrected chi connectivity index (χ4v) is 8.92. The van der Waals surface area contributed by atoms with Crippen molar-refractivity contribution in [2.24, 2.45) is 0 Å². The number of hydrogen-bond acceptors (Lipinski definition) is 0. The first-order valence-electron chi connectivity index (χ1n) is 11.5. The van der Waals surface area contributed by atoms with Gasteiger partial charge in [-0.15, -0.1) is 46.8 Å². The van der Waals surface area contributed by atoms with Crippen molar-refractivity contribution in [1.29, 1.82) is 0 Å². The van der Waals surface area contributed by atoms with E-state index in [-0.39, 0.29) is 7.92 Å². The van der Waals surface area contributed by atoms with E-state index < -0.39 is 17.0 Å². The largest absolute Gasteiger partial charge is 0.161 e. The number of fused-ring (bicyclic) bond motifs is 1. The van der Waals surface area contributed by atoms with Gasteiger partial charge in [0.1, 0.15) is 0 Å². The summed E-state index contributed by atoms with van der Waals surface area (Å²) >= 11 is -0.556. The van der Waals surface area contributed by atoms with Crippen LogP contribution < -0.4 is 5.30 Å². The Morgan fingerprint density at radius 1 is 0.900 bits per heavy atom. The van der Waals surface area contributed by atoms with Crippen LogP contribution >= 0.6 is 26.5 Å². The van der Waals surface area contributed by atoms with E-state index in [1.54, 1.807) is 5.30 Å². The van der Waals surface area contributed by atoms with Gasteiger partial charge in [0.25, 0.3) is 0 Å². The maximum Gasteiger partial charge on any atom is -0.0181 e. The molecular formula is C26H33Cl2PTi-2. The van der Waals surface area contributed by atoms with Crippen molar-refractivity contribution in [3.63, 3.8) is 0 Å². The molecule has 2 aromatic rings. The number of hydrogen-bond donors (Lipinski definition) is 0. The van der Waals surface area contributed by atoms with Gasteiger partial charge in [-0.1, -0.05) is 52.5 Å². The van der Waals surface area contributed by atoms with Crippen molar-refractivity contribution in [3.05, 3.63) is 60.7 Å². The molecule has 30 heavy (non-hydrogen) atoms. The van der Waals surface area contributed by atoms with Gasteiger partial charge in [-0.2, -0.15) is 12.1 Å². The van der Waals surface area contributed by atoms with Crippen LogP contribution in [0.1, 0.15) is 70.6 Å². The molecular weight excluding hydrogens is 462 g/mol. The summed E-state index contributed by atoms with van der Waals surface area (Å²) in [6, 6.07) is 14.1. The smallest absolute Gasteiger partial charge is 0.0181 e. The number of allylic oxidation sites excluding steroid dienone is 4. The Morgan fingerprint density at radius 2 is 1.50 bits per heavy atom. The van der Waals surface area contributed by atoms with Crippen LogP contribution in [0, 0.1) is 6.08 Å². The Bertz CT molecular complexity index is 724. The second kappa shape index (κ2) is 14.2. The quantitative estimate of drug-likeness (QED) is 0.227. The molecule has 2 aromatic carbocycles. The molecule has 0 aliphatic heterocycles. The van der Waals surface area contributed by atoms with Gasteiger partial charge in [-0.25, -0.2) is 12.2 Å². The molecule has 2 saturated carbocycles. The van der Waals surface area contributed by atoms with E-state index in [4.69, 9.17) is 18.6 Å². The van der Waals surface area contributed by atoms with E-state index in [2.05, 4.69) is 48.6 Å². The molecule has 4 heteroatoms. The molecule has 162 valence electrons. The van der Waals surface area contributed by atoms with Crippen molar-refractivity contribution >= 4 is 42.6 Å². The summed E-state index contributed by atoms with van der Waals surface area (Å²) in [5.74, 6) is 0. The average Bonchev–Trinajstić information content (AvgIpc) is 3.49. The van der Waals surface area contributed by atoms with Gasteiger partial charge in [-0.3, -0.25) is 6.08 Å². The van der Waals surface area contributed by atoms with Crippen LogP contribution in [0.25, 0.3) is 10.8 Å². The zero-order chi connectivity index (χ0) is 21.0. The van der Waals surface area contributed by atoms with Crippen molar-refractivity contribution in [3.8, 4) is 0 Å². The molecule has 0 unspecified atom stereocenters. The molecule has 0 saturated heterocycles. The third kappa shape index (κ3) is 7.57. The van der Waals surface area contributed by atoms with Crippen molar-refractivity contribution in [2.75, 3.05) is 0 Å². The zero-order valence-electron chi connectivity index (χ0n) is 17.8. The molecule has 0 amide bonds. The van der Waals surface area contributed by atoms with Crippen LogP contribution in [-0.2, 0) is 17.0 Å². The molecule has 0 atom stereocenters. The first kappa shape index (κ1) is 24.7. The first-order valence-corrected chi connectivity index (χ1v) is 17.2. The normalized spacial score (nSPS) is 19.3. The van der Waals surface area contributed by atoms with E-state index >= 15 is 0 Å². The second-order valence-electron chi connectivity index (χ2n) is 8.41. The third-order valence-electron chi connectivity index (χ3n) is 6.42. The van der Waals surface area contributed by atoms with E-state index in [1.807, 2.05) is 12.2 Å². The Balaban J connectivity index is 0.000000272. The summed E-state index contributed by atoms with van der Waals surface area (Å²) in [5.41, 5.74) is 2.03. The van der Waals surface area contributed by atoms with E-state index in [0.29, 0.717) is 0 Å². The fourth-order valence-electron chi connectivity index (χ4n) is 5.06. The van der Waals surface area contributed by atoms with Crippen LogP contribution in [-0.4, -0.2) is 11.3 Å². The molecule has 3 aliphatic carbocycles. The first-order chi connectivity index (χ1) is 14.8. The summed E-state index contributed by atoms with van der Waals surface area (Å²) in [6.07, 6.45) is 24.9. The van der Waals surface area contributed by atoms with Crippen LogP contribution in [0.2, 0.25) is 0 Å². The van der Waals surface area contributed by atoms with Crippen molar-refractivity contribution < 1.29 is 17.0 Å². The van der Waals surface area contributed by atoms with Gasteiger partial charge in [0.2, 0.25) is 0 Å². The molecule has 3 aliphatic rings. The Morgan fingerprint density at radius 3 is 1.97 bits per heavy atom. The Labute approximate surface area is 201 Å². The number of halogens is 2. The summed E-state index contributed by atoms with van der Waals surface area (Å²) in [4.78, 5) is 0. The minimum absolute atomic E-state index is 0.0611. The van der Waals surface area contributed by atoms with Gasteiger partial charge in [0.15, 0.2) is 0 Å². The van der Waals surface area contributed by atoms with Crippen LogP contribution in [0.3, 0.4) is 0 Å². The van der Waals surface area contributed by atoms with Gasteiger partial charge in [0, 0.05) is 0 Å². The molecule has 0 bridgehead atoms. The zero-order valence-corrected chi connectivity index (χ0v) is 21.8. The molecule has 0 radical (unpaired) electrons. The molecule has 5 rings (SSSR count). The molecule has 2 fully saturated rings. The van der Waals surface area contributed by atoms with Gasteiger partial charge in [0.05, 0.1) is 0 Å². The summed E-state index contributed by atoms with van der Waals surface area (Å²) in [7, 11) is 9.84. The van der Waals surface area contributed by atoms with Gasteiger partial charge >= 0.3 is 35.6 Å². The van der Waals surface area contributed by atoms with E-state index in [0.717, 1.165) is 17.7 Å². The van der Waals surface area contributed by atoms with Gasteiger partial charge in [-0.05, 0) is 37.0 Å². The molecule has 0 aromatic heterocycles. The maximum atomic E-state index is 4.89. The average molecular weight is 495 g/mol. The van der Waals surface area contributed by atoms with Crippen LogP contribution in [0.5, 0.6) is 0 Å². The summed E-state index contributed by atoms with van der Waals surface area (Å²) < 4.78 is 0. The molecule has 0 N–H and O–H groups in total. The monoisotopic (exact) mass is 494 g/mol. The minimum atomic E-state index is -0.556. The third-order valence-corrected chi connectivity index (χ3v) is 9.88. The minimum Gasteiger partial charge on any atom is -0.161 e. The Hall–Kier alpha value is 0.0343. The number of benzene rings is 1. The molecule has 0 nitrogen and oxygen atoms in total. The van der Waals surface area contributed by atoms with Crippen LogP contribution in [0.4, 0.5) is 0 Å². The number of rotatable bonds is 3. The molecule has 0 spiro atoms. The van der Waals surface area contributed by atoms with E-state index in [9.17, 15) is 0 Å². The predicted octanol–water partition coefficient (Wildman–Crippen LogP) is 9.01. The van der Waals surface area contributed by atoms with E-state index in [1.165, 1.54) is 75.0 Å². The maximum absolute atomic E-state index is 4.89.